The zero-order chi connectivity index (χ0) is 15.4. The van der Waals surface area contributed by atoms with Crippen molar-refractivity contribution in [3.8, 4) is 6.07 Å². The van der Waals surface area contributed by atoms with Crippen LogP contribution in [0.2, 0.25) is 10.0 Å². The molecule has 0 aliphatic rings. The quantitative estimate of drug-likeness (QED) is 0.555. The Labute approximate surface area is 143 Å². The minimum atomic E-state index is -0.538. The molecule has 1 aromatic carbocycles. The fourth-order valence-electron chi connectivity index (χ4n) is 1.50. The molecule has 0 aliphatic carbocycles. The van der Waals surface area contributed by atoms with Crippen molar-refractivity contribution in [2.75, 3.05) is 5.32 Å². The lowest BCUT2D eigenvalue weighted by molar-refractivity contribution is -0.112. The van der Waals surface area contributed by atoms with Crippen LogP contribution >= 0.6 is 50.5 Å². The standard InChI is InChI=1S/C14H7BrCl2N2OS/c15-12-5-8(7-21-12)4-9(6-18)14(20)19-11-3-1-2-10(16)13(11)17/h1-5,7H,(H,19,20)/b9-4+. The molecular formula is C14H7BrCl2N2OS. The van der Waals surface area contributed by atoms with E-state index in [0.29, 0.717) is 10.7 Å². The highest BCUT2D eigenvalue weighted by Gasteiger charge is 2.13. The zero-order valence-corrected chi connectivity index (χ0v) is 14.3. The van der Waals surface area contributed by atoms with Gasteiger partial charge in [-0.2, -0.15) is 5.26 Å². The van der Waals surface area contributed by atoms with Gasteiger partial charge in [-0.25, -0.2) is 0 Å². The van der Waals surface area contributed by atoms with Gasteiger partial charge in [0.15, 0.2) is 0 Å². The summed E-state index contributed by atoms with van der Waals surface area (Å²) in [6.07, 6.45) is 1.51. The van der Waals surface area contributed by atoms with Crippen LogP contribution in [0.5, 0.6) is 0 Å². The van der Waals surface area contributed by atoms with E-state index in [4.69, 9.17) is 28.5 Å². The lowest BCUT2D eigenvalue weighted by atomic mass is 10.2. The maximum atomic E-state index is 12.1. The molecule has 0 saturated heterocycles. The molecule has 0 atom stereocenters. The molecule has 0 saturated carbocycles. The molecule has 0 bridgehead atoms. The van der Waals surface area contributed by atoms with Crippen molar-refractivity contribution in [3.63, 3.8) is 0 Å². The van der Waals surface area contributed by atoms with Crippen LogP contribution in [0, 0.1) is 11.3 Å². The molecule has 0 aliphatic heterocycles. The highest BCUT2D eigenvalue weighted by molar-refractivity contribution is 9.11. The van der Waals surface area contributed by atoms with Crippen LogP contribution in [0.4, 0.5) is 5.69 Å². The Morgan fingerprint density at radius 1 is 1.43 bits per heavy atom. The number of anilines is 1. The van der Waals surface area contributed by atoms with E-state index in [1.54, 1.807) is 18.2 Å². The van der Waals surface area contributed by atoms with Crippen molar-refractivity contribution in [1.82, 2.24) is 0 Å². The van der Waals surface area contributed by atoms with Gasteiger partial charge in [0, 0.05) is 0 Å². The fourth-order valence-corrected chi connectivity index (χ4v) is 2.99. The highest BCUT2D eigenvalue weighted by atomic mass is 79.9. The number of hydrogen-bond donors (Lipinski definition) is 1. The summed E-state index contributed by atoms with van der Waals surface area (Å²) in [5.41, 5.74) is 1.12. The molecule has 1 N–H and O–H groups in total. The van der Waals surface area contributed by atoms with E-state index in [1.165, 1.54) is 17.4 Å². The number of halogens is 3. The molecule has 21 heavy (non-hydrogen) atoms. The zero-order valence-electron chi connectivity index (χ0n) is 10.4. The summed E-state index contributed by atoms with van der Waals surface area (Å²) in [4.78, 5) is 12.1. The average molecular weight is 402 g/mol. The van der Waals surface area contributed by atoms with Gasteiger partial charge in [0.25, 0.3) is 5.91 Å². The van der Waals surface area contributed by atoms with E-state index < -0.39 is 5.91 Å². The van der Waals surface area contributed by atoms with Crippen molar-refractivity contribution < 1.29 is 4.79 Å². The van der Waals surface area contributed by atoms with Gasteiger partial charge in [-0.1, -0.05) is 29.3 Å². The van der Waals surface area contributed by atoms with Crippen LogP contribution in [0.25, 0.3) is 6.08 Å². The Morgan fingerprint density at radius 3 is 2.81 bits per heavy atom. The Hall–Kier alpha value is -1.32. The molecule has 0 spiro atoms. The third-order valence-corrected chi connectivity index (χ3v) is 4.81. The van der Waals surface area contributed by atoms with E-state index in [9.17, 15) is 4.79 Å². The first-order chi connectivity index (χ1) is 10.0. The Balaban J connectivity index is 2.24. The van der Waals surface area contributed by atoms with Gasteiger partial charge in [0.2, 0.25) is 0 Å². The molecule has 2 aromatic rings. The first-order valence-electron chi connectivity index (χ1n) is 5.62. The van der Waals surface area contributed by atoms with Crippen molar-refractivity contribution in [3.05, 3.63) is 54.6 Å². The minimum Gasteiger partial charge on any atom is -0.320 e. The van der Waals surface area contributed by atoms with Crippen LogP contribution in [-0.2, 0) is 4.79 Å². The molecule has 0 fully saturated rings. The van der Waals surface area contributed by atoms with E-state index >= 15 is 0 Å². The summed E-state index contributed by atoms with van der Waals surface area (Å²) >= 11 is 16.7. The van der Waals surface area contributed by atoms with E-state index in [0.717, 1.165) is 9.35 Å². The first kappa shape index (κ1) is 16.1. The second-order valence-corrected chi connectivity index (χ2v) is 6.99. The van der Waals surface area contributed by atoms with E-state index in [-0.39, 0.29) is 10.6 Å². The topological polar surface area (TPSA) is 52.9 Å². The van der Waals surface area contributed by atoms with E-state index in [2.05, 4.69) is 21.2 Å². The van der Waals surface area contributed by atoms with Crippen LogP contribution in [0.3, 0.4) is 0 Å². The SMILES string of the molecule is N#C/C(=C\c1csc(Br)c1)C(=O)Nc1cccc(Cl)c1Cl. The molecule has 0 radical (unpaired) electrons. The predicted octanol–water partition coefficient (Wildman–Crippen LogP) is 5.36. The van der Waals surface area contributed by atoms with Crippen molar-refractivity contribution in [1.29, 1.82) is 5.26 Å². The van der Waals surface area contributed by atoms with Crippen LogP contribution in [-0.4, -0.2) is 5.91 Å². The largest absolute Gasteiger partial charge is 0.320 e. The summed E-state index contributed by atoms with van der Waals surface area (Å²) in [5, 5.41) is 14.1. The summed E-state index contributed by atoms with van der Waals surface area (Å²) in [6, 6.07) is 8.59. The third kappa shape index (κ3) is 4.08. The van der Waals surface area contributed by atoms with Gasteiger partial charge in [0.1, 0.15) is 11.6 Å². The molecule has 2 rings (SSSR count). The molecule has 3 nitrogen and oxygen atoms in total. The Morgan fingerprint density at radius 2 is 2.19 bits per heavy atom. The molecular weight excluding hydrogens is 395 g/mol. The lowest BCUT2D eigenvalue weighted by Gasteiger charge is -2.07. The maximum Gasteiger partial charge on any atom is 0.266 e. The number of nitriles is 1. The van der Waals surface area contributed by atoms with Crippen molar-refractivity contribution in [2.45, 2.75) is 0 Å². The second kappa shape index (κ2) is 7.10. The normalized spacial score (nSPS) is 11.0. The number of thiophene rings is 1. The molecule has 1 amide bonds. The van der Waals surface area contributed by atoms with Crippen molar-refractivity contribution in [2.24, 2.45) is 0 Å². The maximum absolute atomic E-state index is 12.1. The number of amides is 1. The van der Waals surface area contributed by atoms with Crippen LogP contribution in [0.1, 0.15) is 5.56 Å². The van der Waals surface area contributed by atoms with Crippen LogP contribution < -0.4 is 5.32 Å². The summed E-state index contributed by atoms with van der Waals surface area (Å²) in [6.45, 7) is 0. The molecule has 1 aromatic heterocycles. The number of rotatable bonds is 3. The molecule has 1 heterocycles. The first-order valence-corrected chi connectivity index (χ1v) is 8.05. The molecule has 0 unspecified atom stereocenters. The minimum absolute atomic E-state index is 0.0173. The molecule has 106 valence electrons. The number of carbonyl (C=O) groups is 1. The fraction of sp³-hybridized carbons (Fsp3) is 0. The summed E-state index contributed by atoms with van der Waals surface area (Å²) < 4.78 is 0.921. The second-order valence-electron chi connectivity index (χ2n) is 3.91. The number of hydrogen-bond acceptors (Lipinski definition) is 3. The smallest absolute Gasteiger partial charge is 0.266 e. The predicted molar refractivity (Wildman–Crippen MR) is 90.7 cm³/mol. The Kier molecular flexibility index (Phi) is 5.43. The molecule has 7 heteroatoms. The summed E-state index contributed by atoms with van der Waals surface area (Å²) in [7, 11) is 0. The number of carbonyl (C=O) groups excluding carboxylic acids is 1. The third-order valence-electron chi connectivity index (χ3n) is 2.46. The highest BCUT2D eigenvalue weighted by Crippen LogP contribution is 2.30. The number of benzene rings is 1. The lowest BCUT2D eigenvalue weighted by Crippen LogP contribution is -2.13. The van der Waals surface area contributed by atoms with Gasteiger partial charge in [-0.15, -0.1) is 11.3 Å². The van der Waals surface area contributed by atoms with E-state index in [1.807, 2.05) is 17.5 Å². The average Bonchev–Trinajstić information content (AvgIpc) is 2.86. The van der Waals surface area contributed by atoms with Gasteiger partial charge in [-0.05, 0) is 51.1 Å². The monoisotopic (exact) mass is 400 g/mol. The van der Waals surface area contributed by atoms with Crippen molar-refractivity contribution >= 4 is 68.1 Å². The van der Waals surface area contributed by atoms with Gasteiger partial charge in [0.05, 0.1) is 19.5 Å². The van der Waals surface area contributed by atoms with Gasteiger partial charge < -0.3 is 5.32 Å². The van der Waals surface area contributed by atoms with Gasteiger partial charge in [-0.3, -0.25) is 4.79 Å². The van der Waals surface area contributed by atoms with Gasteiger partial charge >= 0.3 is 0 Å². The Bertz CT molecular complexity index is 765. The number of nitrogens with zero attached hydrogens (tertiary/aromatic N) is 1. The number of nitrogens with one attached hydrogen (secondary N) is 1. The summed E-state index contributed by atoms with van der Waals surface area (Å²) in [5.74, 6) is -0.538. The van der Waals surface area contributed by atoms with Crippen LogP contribution in [0.15, 0.2) is 39.0 Å².